The summed E-state index contributed by atoms with van der Waals surface area (Å²) in [6.07, 6.45) is 2.82. The summed E-state index contributed by atoms with van der Waals surface area (Å²) in [6.45, 7) is 8.95. The lowest BCUT2D eigenvalue weighted by molar-refractivity contribution is 0.0567. The van der Waals surface area contributed by atoms with Crippen LogP contribution >= 0.6 is 0 Å². The van der Waals surface area contributed by atoms with E-state index < -0.39 is 0 Å². The number of methoxy groups -OCH3 is 1. The van der Waals surface area contributed by atoms with Crippen LogP contribution in [-0.2, 0) is 4.74 Å². The van der Waals surface area contributed by atoms with Gasteiger partial charge in [-0.05, 0) is 52.3 Å². The molecule has 1 saturated heterocycles. The van der Waals surface area contributed by atoms with Crippen molar-refractivity contribution in [3.8, 4) is 5.75 Å². The Morgan fingerprint density at radius 2 is 2.16 bits per heavy atom. The van der Waals surface area contributed by atoms with Gasteiger partial charge in [-0.1, -0.05) is 6.07 Å². The number of carbonyl (C=O) groups excluding carboxylic acids is 1. The molecule has 1 N–H and O–H groups in total. The number of aromatic nitrogens is 1. The van der Waals surface area contributed by atoms with Gasteiger partial charge in [-0.25, -0.2) is 4.98 Å². The maximum Gasteiger partial charge on any atom is 0.273 e. The Morgan fingerprint density at radius 1 is 1.31 bits per heavy atom. The fourth-order valence-corrected chi connectivity index (χ4v) is 4.52. The van der Waals surface area contributed by atoms with Gasteiger partial charge in [0.15, 0.2) is 5.58 Å². The van der Waals surface area contributed by atoms with Crippen molar-refractivity contribution in [2.24, 2.45) is 0 Å². The van der Waals surface area contributed by atoms with E-state index >= 15 is 0 Å². The minimum absolute atomic E-state index is 0.0672. The predicted octanol–water partition coefficient (Wildman–Crippen LogP) is 4.31. The van der Waals surface area contributed by atoms with E-state index in [2.05, 4.69) is 19.2 Å². The number of nitrogens with zero attached hydrogens (tertiary/aromatic N) is 2. The summed E-state index contributed by atoms with van der Waals surface area (Å²) < 4.78 is 17.2. The van der Waals surface area contributed by atoms with E-state index in [1.807, 2.05) is 30.0 Å². The van der Waals surface area contributed by atoms with Gasteiger partial charge in [0.25, 0.3) is 5.91 Å². The third-order valence-corrected chi connectivity index (χ3v) is 5.97. The molecule has 0 saturated carbocycles. The summed E-state index contributed by atoms with van der Waals surface area (Å²) in [6, 6.07) is 7.99. The van der Waals surface area contributed by atoms with Crippen molar-refractivity contribution in [3.63, 3.8) is 0 Å². The first-order valence-electron chi connectivity index (χ1n) is 11.5. The molecule has 0 unspecified atom stereocenters. The van der Waals surface area contributed by atoms with E-state index in [4.69, 9.17) is 18.9 Å². The molecule has 1 aliphatic heterocycles. The van der Waals surface area contributed by atoms with Gasteiger partial charge in [0.2, 0.25) is 0 Å². The lowest BCUT2D eigenvalue weighted by atomic mass is 10.0. The normalized spacial score (nSPS) is 16.7. The zero-order valence-corrected chi connectivity index (χ0v) is 19.4. The molecule has 1 aliphatic rings. The van der Waals surface area contributed by atoms with Crippen molar-refractivity contribution in [1.82, 2.24) is 15.2 Å². The van der Waals surface area contributed by atoms with E-state index in [0.29, 0.717) is 35.8 Å². The number of nitrogens with one attached hydrogen (secondary N) is 1. The molecule has 2 aromatic heterocycles. The van der Waals surface area contributed by atoms with Crippen molar-refractivity contribution in [2.75, 3.05) is 33.4 Å². The number of rotatable bonds is 8. The molecule has 0 bridgehead atoms. The summed E-state index contributed by atoms with van der Waals surface area (Å²) in [7, 11) is 1.68. The number of aryl methyl sites for hydroxylation is 1. The second-order valence-electron chi connectivity index (χ2n) is 8.74. The molecule has 3 heterocycles. The Labute approximate surface area is 189 Å². The summed E-state index contributed by atoms with van der Waals surface area (Å²) in [5.41, 5.74) is 1.74. The third-order valence-electron chi connectivity index (χ3n) is 5.97. The average Bonchev–Trinajstić information content (AvgIpc) is 3.17. The van der Waals surface area contributed by atoms with Gasteiger partial charge in [-0.15, -0.1) is 0 Å². The number of fused-ring (bicyclic) bond motifs is 3. The average molecular weight is 440 g/mol. The van der Waals surface area contributed by atoms with Crippen LogP contribution in [0, 0.1) is 6.92 Å². The van der Waals surface area contributed by atoms with Crippen LogP contribution in [0.1, 0.15) is 49.4 Å². The number of hydrogen-bond donors (Lipinski definition) is 1. The van der Waals surface area contributed by atoms with Gasteiger partial charge in [0, 0.05) is 55.6 Å². The minimum Gasteiger partial charge on any atom is -0.493 e. The maximum absolute atomic E-state index is 13.7. The monoisotopic (exact) mass is 439 g/mol. The Balaban J connectivity index is 1.78. The van der Waals surface area contributed by atoms with Crippen LogP contribution in [0.25, 0.3) is 21.9 Å². The van der Waals surface area contributed by atoms with Crippen LogP contribution in [0.3, 0.4) is 0 Å². The van der Waals surface area contributed by atoms with E-state index in [0.717, 1.165) is 48.9 Å². The van der Waals surface area contributed by atoms with E-state index in [9.17, 15) is 4.79 Å². The number of furan rings is 1. The molecule has 1 fully saturated rings. The zero-order valence-electron chi connectivity index (χ0n) is 19.4. The summed E-state index contributed by atoms with van der Waals surface area (Å²) in [4.78, 5) is 20.5. The maximum atomic E-state index is 13.7. The van der Waals surface area contributed by atoms with Crippen LogP contribution < -0.4 is 10.1 Å². The first-order chi connectivity index (χ1) is 15.5. The highest BCUT2D eigenvalue weighted by Crippen LogP contribution is 2.33. The summed E-state index contributed by atoms with van der Waals surface area (Å²) >= 11 is 0. The molecule has 0 aliphatic carbocycles. The van der Waals surface area contributed by atoms with Crippen molar-refractivity contribution in [1.29, 1.82) is 0 Å². The predicted molar refractivity (Wildman–Crippen MR) is 125 cm³/mol. The Kier molecular flexibility index (Phi) is 6.96. The first kappa shape index (κ1) is 22.6. The molecule has 0 radical (unpaired) electrons. The van der Waals surface area contributed by atoms with Crippen LogP contribution in [0.4, 0.5) is 0 Å². The number of carbonyl (C=O) groups is 1. The second-order valence-corrected chi connectivity index (χ2v) is 8.74. The molecule has 3 aromatic rings. The molecule has 4 rings (SSSR count). The molecule has 1 aromatic carbocycles. The van der Waals surface area contributed by atoms with Crippen molar-refractivity contribution in [2.45, 2.75) is 52.1 Å². The van der Waals surface area contributed by atoms with E-state index in [1.165, 1.54) is 0 Å². The van der Waals surface area contributed by atoms with Gasteiger partial charge < -0.3 is 24.1 Å². The Morgan fingerprint density at radius 3 is 2.88 bits per heavy atom. The lowest BCUT2D eigenvalue weighted by Crippen LogP contribution is -2.51. The first-order valence-corrected chi connectivity index (χ1v) is 11.5. The highest BCUT2D eigenvalue weighted by molar-refractivity contribution is 6.06. The highest BCUT2D eigenvalue weighted by atomic mass is 16.5. The molecular weight excluding hydrogens is 406 g/mol. The number of amides is 1. The fraction of sp³-hybridized carbons (Fsp3) is 0.520. The Bertz CT molecular complexity index is 1090. The number of benzene rings is 1. The molecule has 7 heteroatoms. The molecule has 0 spiro atoms. The topological polar surface area (TPSA) is 76.8 Å². The largest absolute Gasteiger partial charge is 0.493 e. The molecule has 7 nitrogen and oxygen atoms in total. The van der Waals surface area contributed by atoms with Gasteiger partial charge in [0.1, 0.15) is 22.7 Å². The highest BCUT2D eigenvalue weighted by Gasteiger charge is 2.30. The third kappa shape index (κ3) is 4.59. The van der Waals surface area contributed by atoms with Crippen molar-refractivity contribution >= 4 is 27.8 Å². The van der Waals surface area contributed by atoms with Crippen molar-refractivity contribution < 1.29 is 18.7 Å². The lowest BCUT2D eigenvalue weighted by Gasteiger charge is -2.37. The Hall–Kier alpha value is -2.64. The van der Waals surface area contributed by atoms with Gasteiger partial charge in [-0.2, -0.15) is 0 Å². The molecular formula is C25H33N3O4. The summed E-state index contributed by atoms with van der Waals surface area (Å²) in [5.74, 6) is 1.39. The minimum atomic E-state index is -0.0716. The summed E-state index contributed by atoms with van der Waals surface area (Å²) in [5, 5.41) is 5.23. The molecule has 1 atom stereocenters. The number of ether oxygens (including phenoxy) is 2. The van der Waals surface area contributed by atoms with Gasteiger partial charge >= 0.3 is 0 Å². The van der Waals surface area contributed by atoms with E-state index in [-0.39, 0.29) is 18.0 Å². The molecule has 1 amide bonds. The van der Waals surface area contributed by atoms with Gasteiger partial charge in [0.05, 0.1) is 6.61 Å². The number of pyridine rings is 1. The van der Waals surface area contributed by atoms with E-state index in [1.54, 1.807) is 13.2 Å². The van der Waals surface area contributed by atoms with Crippen molar-refractivity contribution in [3.05, 3.63) is 35.7 Å². The second kappa shape index (κ2) is 9.88. The van der Waals surface area contributed by atoms with Gasteiger partial charge in [-0.3, -0.25) is 4.79 Å². The van der Waals surface area contributed by atoms with Crippen LogP contribution in [-0.4, -0.2) is 61.3 Å². The molecule has 172 valence electrons. The smallest absolute Gasteiger partial charge is 0.273 e. The number of piperidine rings is 1. The molecule has 32 heavy (non-hydrogen) atoms. The standard InChI is InChI=1S/C25H33N3O4/c1-16(2)28(19-7-5-10-26-15-19)25(29)21-14-22(31-12-6-11-30-4)20-9-8-18-13-17(3)32-24(18)23(20)27-21/h8-9,13-14,16,19,26H,5-7,10-12,15H2,1-4H3/t19-/m1/s1. The fourth-order valence-electron chi connectivity index (χ4n) is 4.52. The quantitative estimate of drug-likeness (QED) is 0.527. The van der Waals surface area contributed by atoms with Crippen LogP contribution in [0.15, 0.2) is 28.7 Å². The zero-order chi connectivity index (χ0) is 22.7. The number of hydrogen-bond acceptors (Lipinski definition) is 6. The van der Waals surface area contributed by atoms with Crippen LogP contribution in [0.2, 0.25) is 0 Å². The SMILES string of the molecule is COCCCOc1cc(C(=O)N(C(C)C)[C@@H]2CCCNC2)nc2c1ccc1cc(C)oc12. The van der Waals surface area contributed by atoms with Crippen LogP contribution in [0.5, 0.6) is 5.75 Å².